The molecule has 0 aromatic heterocycles. The maximum Gasteiger partial charge on any atom is 0.338 e. The van der Waals surface area contributed by atoms with Crippen molar-refractivity contribution in [2.24, 2.45) is 0 Å². The Morgan fingerprint density at radius 1 is 1.24 bits per heavy atom. The second kappa shape index (κ2) is 7.99. The zero-order valence-electron chi connectivity index (χ0n) is 14.9. The lowest BCUT2D eigenvalue weighted by atomic mass is 10.0. The van der Waals surface area contributed by atoms with Crippen LogP contribution in [0, 0.1) is 0 Å². The molecule has 1 aliphatic rings. The molecule has 0 aliphatic carbocycles. The van der Waals surface area contributed by atoms with Crippen molar-refractivity contribution in [2.75, 3.05) is 24.7 Å². The summed E-state index contributed by atoms with van der Waals surface area (Å²) in [6.45, 7) is 5.92. The average Bonchev–Trinajstić information content (AvgIpc) is 2.93. The number of hydrogen-bond acceptors (Lipinski definition) is 5. The second-order valence-electron chi connectivity index (χ2n) is 6.59. The highest BCUT2D eigenvalue weighted by Gasteiger charge is 2.34. The number of nitrogens with zero attached hydrogens (tertiary/aromatic N) is 1. The molecule has 1 aromatic rings. The number of sulfone groups is 1. The number of carbonyl (C=O) groups is 2. The van der Waals surface area contributed by atoms with Crippen LogP contribution in [0.25, 0.3) is 0 Å². The minimum Gasteiger partial charge on any atom is -0.452 e. The molecule has 2 rings (SSSR count). The molecule has 7 heteroatoms. The van der Waals surface area contributed by atoms with Gasteiger partial charge in [0.15, 0.2) is 16.4 Å². The molecule has 0 bridgehead atoms. The van der Waals surface area contributed by atoms with Gasteiger partial charge in [-0.2, -0.15) is 0 Å². The van der Waals surface area contributed by atoms with Crippen LogP contribution in [-0.4, -0.2) is 55.9 Å². The van der Waals surface area contributed by atoms with Gasteiger partial charge in [0.1, 0.15) is 0 Å². The summed E-state index contributed by atoms with van der Waals surface area (Å²) in [6.07, 6.45) is 0.437. The number of likely N-dealkylation sites (N-methyl/N-ethyl adjacent to an activating group) is 1. The molecule has 1 aromatic carbocycles. The largest absolute Gasteiger partial charge is 0.452 e. The Balaban J connectivity index is 1.92. The molecule has 1 aliphatic heterocycles. The SMILES string of the molecule is CCN(C(=O)COC(=O)c1ccc(C(C)C)cc1)C1CCS(=O)(=O)C1. The fourth-order valence-electron chi connectivity index (χ4n) is 2.96. The van der Waals surface area contributed by atoms with E-state index in [1.165, 1.54) is 4.90 Å². The van der Waals surface area contributed by atoms with E-state index in [0.29, 0.717) is 24.4 Å². The number of ether oxygens (including phenoxy) is 1. The van der Waals surface area contributed by atoms with Crippen molar-refractivity contribution in [1.29, 1.82) is 0 Å². The van der Waals surface area contributed by atoms with Gasteiger partial charge in [0, 0.05) is 12.6 Å². The van der Waals surface area contributed by atoms with E-state index in [1.807, 2.05) is 12.1 Å². The fourth-order valence-corrected chi connectivity index (χ4v) is 4.69. The van der Waals surface area contributed by atoms with Gasteiger partial charge in [-0.15, -0.1) is 0 Å². The first kappa shape index (κ1) is 19.4. The number of amides is 1. The average molecular weight is 367 g/mol. The maximum absolute atomic E-state index is 12.3. The van der Waals surface area contributed by atoms with Crippen molar-refractivity contribution in [3.05, 3.63) is 35.4 Å². The van der Waals surface area contributed by atoms with Crippen LogP contribution in [0.15, 0.2) is 24.3 Å². The topological polar surface area (TPSA) is 80.8 Å². The van der Waals surface area contributed by atoms with Gasteiger partial charge in [-0.05, 0) is 37.0 Å². The van der Waals surface area contributed by atoms with E-state index >= 15 is 0 Å². The van der Waals surface area contributed by atoms with Crippen molar-refractivity contribution in [2.45, 2.75) is 39.2 Å². The van der Waals surface area contributed by atoms with Gasteiger partial charge in [0.05, 0.1) is 17.1 Å². The molecule has 1 fully saturated rings. The summed E-state index contributed by atoms with van der Waals surface area (Å²) in [4.78, 5) is 25.9. The van der Waals surface area contributed by atoms with Gasteiger partial charge >= 0.3 is 5.97 Å². The second-order valence-corrected chi connectivity index (χ2v) is 8.82. The Labute approximate surface area is 149 Å². The van der Waals surface area contributed by atoms with Crippen molar-refractivity contribution < 1.29 is 22.7 Å². The highest BCUT2D eigenvalue weighted by molar-refractivity contribution is 7.91. The van der Waals surface area contributed by atoms with Crippen molar-refractivity contribution >= 4 is 21.7 Å². The summed E-state index contributed by atoms with van der Waals surface area (Å²) < 4.78 is 28.3. The van der Waals surface area contributed by atoms with Crippen molar-refractivity contribution in [3.63, 3.8) is 0 Å². The summed E-state index contributed by atoms with van der Waals surface area (Å²) in [6, 6.07) is 6.77. The van der Waals surface area contributed by atoms with Crippen LogP contribution in [0.3, 0.4) is 0 Å². The van der Waals surface area contributed by atoms with Gasteiger partial charge < -0.3 is 9.64 Å². The van der Waals surface area contributed by atoms with Gasteiger partial charge in [-0.3, -0.25) is 4.79 Å². The van der Waals surface area contributed by atoms with Crippen LogP contribution < -0.4 is 0 Å². The first-order valence-electron chi connectivity index (χ1n) is 8.50. The number of benzene rings is 1. The van der Waals surface area contributed by atoms with E-state index in [1.54, 1.807) is 19.1 Å². The minimum absolute atomic E-state index is 0.0167. The predicted octanol–water partition coefficient (Wildman–Crippen LogP) is 2.00. The van der Waals surface area contributed by atoms with E-state index in [0.717, 1.165) is 5.56 Å². The lowest BCUT2D eigenvalue weighted by Gasteiger charge is -2.26. The Bertz CT molecular complexity index is 724. The van der Waals surface area contributed by atoms with E-state index in [-0.39, 0.29) is 30.1 Å². The lowest BCUT2D eigenvalue weighted by Crippen LogP contribution is -2.43. The summed E-state index contributed by atoms with van der Waals surface area (Å²) in [5.74, 6) is -0.469. The molecule has 138 valence electrons. The van der Waals surface area contributed by atoms with Crippen LogP contribution >= 0.6 is 0 Å². The molecular formula is C18H25NO5S. The van der Waals surface area contributed by atoms with E-state index in [9.17, 15) is 18.0 Å². The highest BCUT2D eigenvalue weighted by Crippen LogP contribution is 2.18. The molecule has 0 spiro atoms. The normalized spacial score (nSPS) is 19.0. The molecule has 1 unspecified atom stereocenters. The number of hydrogen-bond donors (Lipinski definition) is 0. The molecule has 1 heterocycles. The molecule has 0 radical (unpaired) electrons. The fraction of sp³-hybridized carbons (Fsp3) is 0.556. The summed E-state index contributed by atoms with van der Waals surface area (Å²) in [7, 11) is -3.07. The molecular weight excluding hydrogens is 342 g/mol. The zero-order valence-corrected chi connectivity index (χ0v) is 15.7. The van der Waals surface area contributed by atoms with Gasteiger partial charge in [-0.25, -0.2) is 13.2 Å². The van der Waals surface area contributed by atoms with Crippen LogP contribution in [0.1, 0.15) is 49.0 Å². The quantitative estimate of drug-likeness (QED) is 0.719. The third kappa shape index (κ3) is 5.04. The van der Waals surface area contributed by atoms with Crippen LogP contribution in [0.2, 0.25) is 0 Å². The van der Waals surface area contributed by atoms with E-state index in [4.69, 9.17) is 4.74 Å². The van der Waals surface area contributed by atoms with Crippen molar-refractivity contribution in [3.8, 4) is 0 Å². The summed E-state index contributed by atoms with van der Waals surface area (Å²) in [5, 5.41) is 0. The van der Waals surface area contributed by atoms with Crippen LogP contribution in [0.4, 0.5) is 0 Å². The first-order valence-corrected chi connectivity index (χ1v) is 10.3. The Morgan fingerprint density at radius 2 is 1.88 bits per heavy atom. The predicted molar refractivity (Wildman–Crippen MR) is 95.3 cm³/mol. The Kier molecular flexibility index (Phi) is 6.21. The zero-order chi connectivity index (χ0) is 18.6. The first-order chi connectivity index (χ1) is 11.7. The molecule has 1 amide bonds. The molecule has 25 heavy (non-hydrogen) atoms. The summed E-state index contributed by atoms with van der Waals surface area (Å²) >= 11 is 0. The lowest BCUT2D eigenvalue weighted by molar-refractivity contribution is -0.136. The number of carbonyl (C=O) groups excluding carboxylic acids is 2. The van der Waals surface area contributed by atoms with Crippen molar-refractivity contribution in [1.82, 2.24) is 4.90 Å². The van der Waals surface area contributed by atoms with Crippen LogP contribution in [-0.2, 0) is 19.4 Å². The standard InChI is InChI=1S/C18H25NO5S/c1-4-19(16-9-10-25(22,23)12-16)17(20)11-24-18(21)15-7-5-14(6-8-15)13(2)3/h5-8,13,16H,4,9-12H2,1-3H3. The molecule has 6 nitrogen and oxygen atoms in total. The molecule has 1 saturated heterocycles. The van der Waals surface area contributed by atoms with Gasteiger partial charge in [0.25, 0.3) is 5.91 Å². The third-order valence-electron chi connectivity index (χ3n) is 4.45. The van der Waals surface area contributed by atoms with Gasteiger partial charge in [-0.1, -0.05) is 26.0 Å². The molecule has 0 saturated carbocycles. The van der Waals surface area contributed by atoms with E-state index in [2.05, 4.69) is 13.8 Å². The molecule has 0 N–H and O–H groups in total. The number of rotatable bonds is 6. The summed E-state index contributed by atoms with van der Waals surface area (Å²) in [5.41, 5.74) is 1.51. The maximum atomic E-state index is 12.3. The van der Waals surface area contributed by atoms with Gasteiger partial charge in [0.2, 0.25) is 0 Å². The van der Waals surface area contributed by atoms with E-state index < -0.39 is 15.8 Å². The number of esters is 1. The Morgan fingerprint density at radius 3 is 2.36 bits per heavy atom. The third-order valence-corrected chi connectivity index (χ3v) is 6.20. The molecule has 1 atom stereocenters. The highest BCUT2D eigenvalue weighted by atomic mass is 32.2. The minimum atomic E-state index is -3.07. The van der Waals surface area contributed by atoms with Crippen LogP contribution in [0.5, 0.6) is 0 Å². The monoisotopic (exact) mass is 367 g/mol. The Hall–Kier alpha value is -1.89. The smallest absolute Gasteiger partial charge is 0.338 e.